The van der Waals surface area contributed by atoms with Crippen LogP contribution in [0.5, 0.6) is 0 Å². The lowest BCUT2D eigenvalue weighted by molar-refractivity contribution is 0.605. The summed E-state index contributed by atoms with van der Waals surface area (Å²) in [7, 11) is 0. The quantitative estimate of drug-likeness (QED) is 0.827. The average Bonchev–Trinajstić information content (AvgIpc) is 2.52. The highest BCUT2D eigenvalue weighted by Crippen LogP contribution is 2.33. The minimum Gasteiger partial charge on any atom is -0.333 e. The normalized spacial score (nSPS) is 18.4. The van der Waals surface area contributed by atoms with Crippen molar-refractivity contribution in [2.24, 2.45) is 4.99 Å². The molecule has 1 aliphatic rings. The Bertz CT molecular complexity index is 423. The molecule has 0 aromatic heterocycles. The van der Waals surface area contributed by atoms with Gasteiger partial charge < -0.3 is 5.32 Å². The van der Waals surface area contributed by atoms with Gasteiger partial charge in [-0.15, -0.1) is 0 Å². The standard InChI is InChI=1S/C11H12Cl2N2S/c1-11(2)6-16-10(15-11)14-9-7(12)4-3-5-8(9)13/h3-5H,6H2,1-2H3,(H,14,15). The van der Waals surface area contributed by atoms with Gasteiger partial charge in [-0.2, -0.15) is 0 Å². The van der Waals surface area contributed by atoms with E-state index in [4.69, 9.17) is 23.2 Å². The molecular formula is C11H12Cl2N2S. The number of halogens is 2. The molecule has 0 aliphatic carbocycles. The van der Waals surface area contributed by atoms with Gasteiger partial charge in [-0.1, -0.05) is 41.0 Å². The summed E-state index contributed by atoms with van der Waals surface area (Å²) in [4.78, 5) is 4.55. The molecule has 0 radical (unpaired) electrons. The van der Waals surface area contributed by atoms with E-state index in [0.29, 0.717) is 10.0 Å². The number of para-hydroxylation sites is 1. The first-order valence-corrected chi connectivity index (χ1v) is 6.66. The molecular weight excluding hydrogens is 263 g/mol. The Balaban J connectivity index is 2.23. The van der Waals surface area contributed by atoms with Crippen LogP contribution >= 0.6 is 35.0 Å². The van der Waals surface area contributed by atoms with Gasteiger partial charge in [-0.05, 0) is 26.0 Å². The molecule has 86 valence electrons. The molecule has 1 aromatic carbocycles. The lowest BCUT2D eigenvalue weighted by Crippen LogP contribution is -2.15. The molecule has 0 amide bonds. The number of hydrogen-bond donors (Lipinski definition) is 1. The molecule has 1 heterocycles. The van der Waals surface area contributed by atoms with Crippen LogP contribution < -0.4 is 5.32 Å². The first kappa shape index (κ1) is 12.1. The molecule has 16 heavy (non-hydrogen) atoms. The summed E-state index contributed by atoms with van der Waals surface area (Å²) in [6, 6.07) is 5.44. The van der Waals surface area contributed by atoms with Crippen LogP contribution in [0, 0.1) is 0 Å². The van der Waals surface area contributed by atoms with Gasteiger partial charge in [0.15, 0.2) is 5.17 Å². The maximum Gasteiger partial charge on any atom is 0.161 e. The van der Waals surface area contributed by atoms with Crippen LogP contribution in [-0.2, 0) is 0 Å². The summed E-state index contributed by atoms with van der Waals surface area (Å²) < 4.78 is 0. The lowest BCUT2D eigenvalue weighted by Gasteiger charge is -2.10. The SMILES string of the molecule is CC1(C)CSC(Nc2c(Cl)cccc2Cl)=N1. The molecule has 0 spiro atoms. The molecule has 2 rings (SSSR count). The summed E-state index contributed by atoms with van der Waals surface area (Å²) in [5.74, 6) is 0.970. The van der Waals surface area contributed by atoms with Crippen molar-refractivity contribution in [3.63, 3.8) is 0 Å². The molecule has 5 heteroatoms. The first-order valence-electron chi connectivity index (χ1n) is 4.92. The monoisotopic (exact) mass is 274 g/mol. The maximum atomic E-state index is 6.07. The van der Waals surface area contributed by atoms with Crippen molar-refractivity contribution in [1.29, 1.82) is 0 Å². The third kappa shape index (κ3) is 2.65. The molecule has 0 saturated heterocycles. The van der Waals surface area contributed by atoms with E-state index in [1.54, 1.807) is 23.9 Å². The highest BCUT2D eigenvalue weighted by molar-refractivity contribution is 8.14. The van der Waals surface area contributed by atoms with Crippen molar-refractivity contribution in [2.45, 2.75) is 19.4 Å². The minimum atomic E-state index is -0.0132. The smallest absolute Gasteiger partial charge is 0.161 e. The van der Waals surface area contributed by atoms with Crippen LogP contribution in [0.15, 0.2) is 23.2 Å². The van der Waals surface area contributed by atoms with Gasteiger partial charge in [-0.25, -0.2) is 0 Å². The fourth-order valence-electron chi connectivity index (χ4n) is 1.37. The molecule has 1 N–H and O–H groups in total. The van der Waals surface area contributed by atoms with Crippen LogP contribution in [0.25, 0.3) is 0 Å². The largest absolute Gasteiger partial charge is 0.333 e. The van der Waals surface area contributed by atoms with E-state index in [0.717, 1.165) is 16.6 Å². The van der Waals surface area contributed by atoms with Crippen molar-refractivity contribution < 1.29 is 0 Å². The second-order valence-corrected chi connectivity index (χ2v) is 6.02. The predicted molar refractivity (Wildman–Crippen MR) is 74.1 cm³/mol. The summed E-state index contributed by atoms with van der Waals surface area (Å²) in [5.41, 5.74) is 0.718. The molecule has 2 nitrogen and oxygen atoms in total. The Kier molecular flexibility index (Phi) is 3.38. The number of nitrogens with one attached hydrogen (secondary N) is 1. The number of anilines is 1. The summed E-state index contributed by atoms with van der Waals surface area (Å²) in [6.07, 6.45) is 0. The minimum absolute atomic E-state index is 0.0132. The van der Waals surface area contributed by atoms with Crippen molar-refractivity contribution in [3.8, 4) is 0 Å². The Morgan fingerprint density at radius 1 is 1.31 bits per heavy atom. The van der Waals surface area contributed by atoms with Crippen molar-refractivity contribution in [2.75, 3.05) is 11.1 Å². The van der Waals surface area contributed by atoms with Crippen LogP contribution in [-0.4, -0.2) is 16.5 Å². The van der Waals surface area contributed by atoms with Gasteiger partial charge in [0.25, 0.3) is 0 Å². The van der Waals surface area contributed by atoms with Gasteiger partial charge in [0.05, 0.1) is 21.3 Å². The summed E-state index contributed by atoms with van der Waals surface area (Å²) in [5, 5.41) is 5.28. The second-order valence-electron chi connectivity index (χ2n) is 4.24. The average molecular weight is 275 g/mol. The topological polar surface area (TPSA) is 24.4 Å². The molecule has 0 fully saturated rings. The van der Waals surface area contributed by atoms with E-state index in [1.165, 1.54) is 0 Å². The maximum absolute atomic E-state index is 6.07. The number of aliphatic imine (C=N–C) groups is 1. The van der Waals surface area contributed by atoms with Crippen molar-refractivity contribution >= 4 is 45.8 Å². The van der Waals surface area contributed by atoms with E-state index in [1.807, 2.05) is 6.07 Å². The number of hydrogen-bond acceptors (Lipinski definition) is 3. The molecule has 0 bridgehead atoms. The van der Waals surface area contributed by atoms with E-state index in [2.05, 4.69) is 24.2 Å². The Morgan fingerprint density at radius 2 is 1.94 bits per heavy atom. The molecule has 1 aliphatic heterocycles. The third-order valence-electron chi connectivity index (χ3n) is 2.16. The van der Waals surface area contributed by atoms with Crippen LogP contribution in [0.4, 0.5) is 5.69 Å². The third-order valence-corrected chi connectivity index (χ3v) is 4.11. The van der Waals surface area contributed by atoms with Gasteiger partial charge in [0.2, 0.25) is 0 Å². The zero-order valence-corrected chi connectivity index (χ0v) is 11.4. The van der Waals surface area contributed by atoms with Gasteiger partial charge in [-0.3, -0.25) is 4.99 Å². The summed E-state index contributed by atoms with van der Waals surface area (Å²) in [6.45, 7) is 4.20. The molecule has 0 atom stereocenters. The summed E-state index contributed by atoms with van der Waals surface area (Å²) >= 11 is 13.8. The first-order chi connectivity index (χ1) is 7.48. The van der Waals surface area contributed by atoms with Crippen molar-refractivity contribution in [1.82, 2.24) is 0 Å². The van der Waals surface area contributed by atoms with Crippen LogP contribution in [0.3, 0.4) is 0 Å². The Labute approximate surface area is 109 Å². The fourth-order valence-corrected chi connectivity index (χ4v) is 2.90. The number of amidine groups is 1. The highest BCUT2D eigenvalue weighted by Gasteiger charge is 2.25. The van der Waals surface area contributed by atoms with Gasteiger partial charge in [0, 0.05) is 5.75 Å². The Morgan fingerprint density at radius 3 is 2.44 bits per heavy atom. The number of nitrogens with zero attached hydrogens (tertiary/aromatic N) is 1. The predicted octanol–water partition coefficient (Wildman–Crippen LogP) is 4.29. The van der Waals surface area contributed by atoms with Gasteiger partial charge >= 0.3 is 0 Å². The fraction of sp³-hybridized carbons (Fsp3) is 0.364. The van der Waals surface area contributed by atoms with Crippen molar-refractivity contribution in [3.05, 3.63) is 28.2 Å². The number of benzene rings is 1. The molecule has 0 saturated carbocycles. The van der Waals surface area contributed by atoms with E-state index in [9.17, 15) is 0 Å². The Hall–Kier alpha value is -0.380. The van der Waals surface area contributed by atoms with Gasteiger partial charge in [0.1, 0.15) is 0 Å². The number of thioether (sulfide) groups is 1. The van der Waals surface area contributed by atoms with E-state index >= 15 is 0 Å². The van der Waals surface area contributed by atoms with Crippen LogP contribution in [0.2, 0.25) is 10.0 Å². The van der Waals surface area contributed by atoms with E-state index in [-0.39, 0.29) is 5.54 Å². The zero-order valence-electron chi connectivity index (χ0n) is 9.05. The number of rotatable bonds is 1. The highest BCUT2D eigenvalue weighted by atomic mass is 35.5. The lowest BCUT2D eigenvalue weighted by atomic mass is 10.1. The van der Waals surface area contributed by atoms with Crippen LogP contribution in [0.1, 0.15) is 13.8 Å². The molecule has 1 aromatic rings. The zero-order chi connectivity index (χ0) is 11.8. The second kappa shape index (κ2) is 4.47. The molecule has 0 unspecified atom stereocenters. The van der Waals surface area contributed by atoms with E-state index < -0.39 is 0 Å².